The number of nitrogens with one attached hydrogen (secondary N) is 1. The van der Waals surface area contributed by atoms with Crippen LogP contribution in [-0.2, 0) is 0 Å². The number of aromatic nitrogens is 2. The lowest BCUT2D eigenvalue weighted by Crippen LogP contribution is -1.97. The zero-order valence-corrected chi connectivity index (χ0v) is 14.1. The first-order valence-electron chi connectivity index (χ1n) is 7.66. The molecule has 0 fully saturated rings. The van der Waals surface area contributed by atoms with E-state index in [1.807, 2.05) is 18.4 Å². The summed E-state index contributed by atoms with van der Waals surface area (Å²) in [7, 11) is 0. The Bertz CT molecular complexity index is 1060. The van der Waals surface area contributed by atoms with Gasteiger partial charge in [-0.25, -0.2) is 14.4 Å². The van der Waals surface area contributed by atoms with Gasteiger partial charge >= 0.3 is 0 Å². The summed E-state index contributed by atoms with van der Waals surface area (Å²) in [6, 6.07) is 11.5. The van der Waals surface area contributed by atoms with Crippen molar-refractivity contribution in [2.45, 2.75) is 6.92 Å². The maximum absolute atomic E-state index is 13.2. The van der Waals surface area contributed by atoms with Crippen molar-refractivity contribution < 1.29 is 9.50 Å². The van der Waals surface area contributed by atoms with Crippen LogP contribution in [0.3, 0.4) is 0 Å². The summed E-state index contributed by atoms with van der Waals surface area (Å²) in [4.78, 5) is 9.58. The number of hydrogen-bond acceptors (Lipinski definition) is 5. The molecule has 2 N–H and O–H groups in total. The normalized spacial score (nSPS) is 11.0. The van der Waals surface area contributed by atoms with E-state index >= 15 is 0 Å². The minimum atomic E-state index is -0.266. The van der Waals surface area contributed by atoms with Gasteiger partial charge in [0.1, 0.15) is 28.5 Å². The van der Waals surface area contributed by atoms with Crippen molar-refractivity contribution in [3.63, 3.8) is 0 Å². The maximum atomic E-state index is 13.2. The number of aryl methyl sites for hydroxylation is 1. The number of benzene rings is 2. The molecule has 0 saturated carbocycles. The highest BCUT2D eigenvalue weighted by Gasteiger charge is 2.14. The molecule has 25 heavy (non-hydrogen) atoms. The van der Waals surface area contributed by atoms with E-state index in [4.69, 9.17) is 0 Å². The highest BCUT2D eigenvalue weighted by Crippen LogP contribution is 2.37. The number of anilines is 2. The molecule has 0 aliphatic heterocycles. The van der Waals surface area contributed by atoms with Crippen LogP contribution in [0.1, 0.15) is 5.56 Å². The maximum Gasteiger partial charge on any atom is 0.143 e. The third-order valence-electron chi connectivity index (χ3n) is 3.99. The average molecular weight is 351 g/mol. The minimum Gasteiger partial charge on any atom is -0.508 e. The summed E-state index contributed by atoms with van der Waals surface area (Å²) >= 11 is 1.52. The van der Waals surface area contributed by atoms with E-state index in [0.717, 1.165) is 32.6 Å². The number of aromatic hydroxyl groups is 1. The van der Waals surface area contributed by atoms with Gasteiger partial charge in [-0.2, -0.15) is 0 Å². The number of fused-ring (bicyclic) bond motifs is 1. The Morgan fingerprint density at radius 1 is 1.08 bits per heavy atom. The quantitative estimate of drug-likeness (QED) is 0.495. The fourth-order valence-electron chi connectivity index (χ4n) is 2.73. The predicted octanol–water partition coefficient (Wildman–Crippen LogP) is 5.26. The molecule has 2 heterocycles. The SMILES string of the molecule is Cc1cc(O)ccc1Nc1ncnc2scc(-c3ccc(F)cc3)c12. The lowest BCUT2D eigenvalue weighted by molar-refractivity contribution is 0.475. The smallest absolute Gasteiger partial charge is 0.143 e. The van der Waals surface area contributed by atoms with Crippen molar-refractivity contribution >= 4 is 33.1 Å². The molecule has 0 bridgehead atoms. The van der Waals surface area contributed by atoms with Crippen molar-refractivity contribution in [3.05, 3.63) is 65.6 Å². The molecule has 124 valence electrons. The lowest BCUT2D eigenvalue weighted by Gasteiger charge is -2.11. The molecular weight excluding hydrogens is 337 g/mol. The second kappa shape index (κ2) is 6.14. The Labute approximate surface area is 147 Å². The Morgan fingerprint density at radius 2 is 1.88 bits per heavy atom. The Kier molecular flexibility index (Phi) is 3.82. The molecule has 4 aromatic rings. The Balaban J connectivity index is 1.84. The third kappa shape index (κ3) is 2.92. The molecule has 2 aromatic carbocycles. The Morgan fingerprint density at radius 3 is 2.64 bits per heavy atom. The standard InChI is InChI=1S/C19H14FN3OS/c1-11-8-14(24)6-7-16(11)23-18-17-15(9-25-19(17)22-10-21-18)12-2-4-13(20)5-3-12/h2-10,24H,1H3,(H,21,22,23). The van der Waals surface area contributed by atoms with Gasteiger partial charge in [0.25, 0.3) is 0 Å². The van der Waals surface area contributed by atoms with Gasteiger partial charge in [-0.3, -0.25) is 0 Å². The molecule has 0 radical (unpaired) electrons. The monoisotopic (exact) mass is 351 g/mol. The first-order valence-corrected chi connectivity index (χ1v) is 8.54. The van der Waals surface area contributed by atoms with Crippen molar-refractivity contribution in [2.75, 3.05) is 5.32 Å². The van der Waals surface area contributed by atoms with E-state index in [-0.39, 0.29) is 11.6 Å². The van der Waals surface area contributed by atoms with Crippen molar-refractivity contribution in [1.82, 2.24) is 9.97 Å². The van der Waals surface area contributed by atoms with Gasteiger partial charge in [-0.1, -0.05) is 12.1 Å². The number of thiophene rings is 1. The number of halogens is 1. The molecule has 0 atom stereocenters. The molecule has 4 rings (SSSR count). The first kappa shape index (κ1) is 15.5. The van der Waals surface area contributed by atoms with Crippen molar-refractivity contribution in [2.24, 2.45) is 0 Å². The van der Waals surface area contributed by atoms with E-state index < -0.39 is 0 Å². The number of phenols is 1. The molecule has 2 aromatic heterocycles. The summed E-state index contributed by atoms with van der Waals surface area (Å²) in [5.74, 6) is 0.635. The van der Waals surface area contributed by atoms with Crippen LogP contribution in [-0.4, -0.2) is 15.1 Å². The molecule has 0 spiro atoms. The number of phenolic OH excluding ortho intramolecular Hbond substituents is 1. The highest BCUT2D eigenvalue weighted by molar-refractivity contribution is 7.17. The van der Waals surface area contributed by atoms with Gasteiger partial charge in [-0.15, -0.1) is 11.3 Å². The van der Waals surface area contributed by atoms with Crippen LogP contribution in [0.2, 0.25) is 0 Å². The highest BCUT2D eigenvalue weighted by atomic mass is 32.1. The second-order valence-electron chi connectivity index (χ2n) is 5.68. The summed E-state index contributed by atoms with van der Waals surface area (Å²) in [5.41, 5.74) is 3.63. The summed E-state index contributed by atoms with van der Waals surface area (Å²) in [5, 5.41) is 15.8. The number of nitrogens with zero attached hydrogens (tertiary/aromatic N) is 2. The number of hydrogen-bond donors (Lipinski definition) is 2. The molecule has 0 aliphatic rings. The summed E-state index contributed by atoms with van der Waals surface area (Å²) in [6.07, 6.45) is 1.52. The molecule has 4 nitrogen and oxygen atoms in total. The molecule has 6 heteroatoms. The van der Waals surface area contributed by atoms with Crippen LogP contribution in [0.4, 0.5) is 15.9 Å². The van der Waals surface area contributed by atoms with Crippen LogP contribution in [0.25, 0.3) is 21.3 Å². The van der Waals surface area contributed by atoms with Crippen LogP contribution >= 0.6 is 11.3 Å². The second-order valence-corrected chi connectivity index (χ2v) is 6.54. The summed E-state index contributed by atoms with van der Waals surface area (Å²) in [6.45, 7) is 1.91. The summed E-state index contributed by atoms with van der Waals surface area (Å²) < 4.78 is 13.2. The molecule has 0 unspecified atom stereocenters. The van der Waals surface area contributed by atoms with Gasteiger partial charge in [-0.05, 0) is 48.4 Å². The molecule has 0 saturated heterocycles. The molecule has 0 amide bonds. The van der Waals surface area contributed by atoms with E-state index in [1.165, 1.54) is 29.8 Å². The molecule has 0 aliphatic carbocycles. The zero-order valence-electron chi connectivity index (χ0n) is 13.3. The lowest BCUT2D eigenvalue weighted by atomic mass is 10.1. The van der Waals surface area contributed by atoms with E-state index in [0.29, 0.717) is 5.82 Å². The zero-order chi connectivity index (χ0) is 17.4. The largest absolute Gasteiger partial charge is 0.508 e. The predicted molar refractivity (Wildman–Crippen MR) is 98.9 cm³/mol. The van der Waals surface area contributed by atoms with Gasteiger partial charge in [0.2, 0.25) is 0 Å². The van der Waals surface area contributed by atoms with Gasteiger partial charge in [0, 0.05) is 16.6 Å². The van der Waals surface area contributed by atoms with Gasteiger partial charge in [0.05, 0.1) is 5.39 Å². The molecular formula is C19H14FN3OS. The van der Waals surface area contributed by atoms with E-state index in [9.17, 15) is 9.50 Å². The fourth-order valence-corrected chi connectivity index (χ4v) is 3.64. The third-order valence-corrected chi connectivity index (χ3v) is 4.87. The van der Waals surface area contributed by atoms with Crippen LogP contribution in [0.15, 0.2) is 54.2 Å². The topological polar surface area (TPSA) is 58.0 Å². The van der Waals surface area contributed by atoms with Crippen molar-refractivity contribution in [3.8, 4) is 16.9 Å². The fraction of sp³-hybridized carbons (Fsp3) is 0.0526. The van der Waals surface area contributed by atoms with Crippen LogP contribution in [0.5, 0.6) is 5.75 Å². The van der Waals surface area contributed by atoms with Crippen molar-refractivity contribution in [1.29, 1.82) is 0 Å². The van der Waals surface area contributed by atoms with Gasteiger partial charge in [0.15, 0.2) is 0 Å². The minimum absolute atomic E-state index is 0.221. The number of rotatable bonds is 3. The Hall–Kier alpha value is -2.99. The van der Waals surface area contributed by atoms with Gasteiger partial charge < -0.3 is 10.4 Å². The van der Waals surface area contributed by atoms with E-state index in [2.05, 4.69) is 15.3 Å². The average Bonchev–Trinajstić information content (AvgIpc) is 3.03. The van der Waals surface area contributed by atoms with E-state index in [1.54, 1.807) is 24.3 Å². The first-order chi connectivity index (χ1) is 12.1. The van der Waals surface area contributed by atoms with Crippen LogP contribution in [0, 0.1) is 12.7 Å². The van der Waals surface area contributed by atoms with Crippen LogP contribution < -0.4 is 5.32 Å².